The van der Waals surface area contributed by atoms with Gasteiger partial charge in [-0.05, 0) is 23.6 Å². The molecule has 0 saturated carbocycles. The predicted molar refractivity (Wildman–Crippen MR) is 76.9 cm³/mol. The van der Waals surface area contributed by atoms with Crippen LogP contribution in [-0.4, -0.2) is 15.0 Å². The van der Waals surface area contributed by atoms with Crippen LogP contribution in [0, 0.1) is 0 Å². The van der Waals surface area contributed by atoms with Crippen molar-refractivity contribution in [1.29, 1.82) is 0 Å². The van der Waals surface area contributed by atoms with Gasteiger partial charge < -0.3 is 0 Å². The quantitative estimate of drug-likeness (QED) is 0.693. The third-order valence-electron chi connectivity index (χ3n) is 3.21. The topological polar surface area (TPSA) is 38.7 Å². The summed E-state index contributed by atoms with van der Waals surface area (Å²) in [5.74, 6) is 0.373. The first-order valence-electron chi connectivity index (χ1n) is 6.41. The molecule has 2 heterocycles. The molecular formula is C16H15N3. The maximum atomic E-state index is 4.40. The molecule has 0 amide bonds. The molecule has 0 aliphatic heterocycles. The van der Waals surface area contributed by atoms with Crippen molar-refractivity contribution in [3.05, 3.63) is 54.7 Å². The number of nitrogens with zero attached hydrogens (tertiary/aromatic N) is 3. The Labute approximate surface area is 112 Å². The first kappa shape index (κ1) is 11.8. The Morgan fingerprint density at radius 3 is 2.79 bits per heavy atom. The fraction of sp³-hybridized carbons (Fsp3) is 0.188. The van der Waals surface area contributed by atoms with E-state index < -0.39 is 0 Å². The number of aromatic nitrogens is 3. The molecule has 0 N–H and O–H groups in total. The predicted octanol–water partition coefficient (Wildman–Crippen LogP) is 3.82. The Morgan fingerprint density at radius 1 is 1.05 bits per heavy atom. The molecule has 0 spiro atoms. The van der Waals surface area contributed by atoms with E-state index in [1.807, 2.05) is 18.5 Å². The SMILES string of the molecule is CC(C)c1ncncc1-c1ccc2cccnc2c1. The Hall–Kier alpha value is -2.29. The normalized spacial score (nSPS) is 11.1. The Kier molecular flexibility index (Phi) is 2.95. The van der Waals surface area contributed by atoms with Gasteiger partial charge >= 0.3 is 0 Å². The van der Waals surface area contributed by atoms with Gasteiger partial charge in [0, 0.05) is 23.3 Å². The lowest BCUT2D eigenvalue weighted by Gasteiger charge is -2.11. The van der Waals surface area contributed by atoms with E-state index in [9.17, 15) is 0 Å². The molecule has 94 valence electrons. The molecule has 3 aromatic rings. The fourth-order valence-corrected chi connectivity index (χ4v) is 2.26. The molecule has 19 heavy (non-hydrogen) atoms. The van der Waals surface area contributed by atoms with Crippen molar-refractivity contribution in [3.63, 3.8) is 0 Å². The Morgan fingerprint density at radius 2 is 1.95 bits per heavy atom. The van der Waals surface area contributed by atoms with E-state index in [1.165, 1.54) is 0 Å². The van der Waals surface area contributed by atoms with Crippen LogP contribution in [0.4, 0.5) is 0 Å². The lowest BCUT2D eigenvalue weighted by Crippen LogP contribution is -1.97. The van der Waals surface area contributed by atoms with E-state index in [0.29, 0.717) is 5.92 Å². The average molecular weight is 249 g/mol. The molecule has 0 fully saturated rings. The summed E-state index contributed by atoms with van der Waals surface area (Å²) in [5.41, 5.74) is 4.28. The van der Waals surface area contributed by atoms with Crippen LogP contribution in [0.25, 0.3) is 22.0 Å². The van der Waals surface area contributed by atoms with Crippen LogP contribution in [0.2, 0.25) is 0 Å². The maximum absolute atomic E-state index is 4.40. The molecule has 0 aliphatic carbocycles. The summed E-state index contributed by atoms with van der Waals surface area (Å²) in [6, 6.07) is 10.3. The standard InChI is InChI=1S/C16H15N3/c1-11(2)16-14(9-17-10-19-16)13-6-5-12-4-3-7-18-15(12)8-13/h3-11H,1-2H3. The summed E-state index contributed by atoms with van der Waals surface area (Å²) in [5, 5.41) is 1.15. The molecule has 1 aromatic carbocycles. The first-order valence-corrected chi connectivity index (χ1v) is 6.41. The van der Waals surface area contributed by atoms with Crippen LogP contribution >= 0.6 is 0 Å². The number of rotatable bonds is 2. The number of fused-ring (bicyclic) bond motifs is 1. The zero-order chi connectivity index (χ0) is 13.2. The number of hydrogen-bond acceptors (Lipinski definition) is 3. The van der Waals surface area contributed by atoms with E-state index in [-0.39, 0.29) is 0 Å². The zero-order valence-electron chi connectivity index (χ0n) is 11.0. The second kappa shape index (κ2) is 4.76. The van der Waals surface area contributed by atoms with Crippen LogP contribution < -0.4 is 0 Å². The molecule has 3 rings (SSSR count). The summed E-state index contributed by atoms with van der Waals surface area (Å²) in [6.45, 7) is 4.29. The molecule has 0 aliphatic rings. The van der Waals surface area contributed by atoms with Crippen LogP contribution in [0.15, 0.2) is 49.1 Å². The van der Waals surface area contributed by atoms with Crippen LogP contribution in [0.1, 0.15) is 25.5 Å². The second-order valence-corrected chi connectivity index (χ2v) is 4.89. The van der Waals surface area contributed by atoms with Gasteiger partial charge in [-0.25, -0.2) is 9.97 Å². The first-order chi connectivity index (χ1) is 9.25. The van der Waals surface area contributed by atoms with E-state index in [4.69, 9.17) is 0 Å². The van der Waals surface area contributed by atoms with Gasteiger partial charge in [-0.2, -0.15) is 0 Å². The lowest BCUT2D eigenvalue weighted by molar-refractivity contribution is 0.817. The molecular weight excluding hydrogens is 234 g/mol. The van der Waals surface area contributed by atoms with Gasteiger partial charge in [0.25, 0.3) is 0 Å². The van der Waals surface area contributed by atoms with Gasteiger partial charge in [0.15, 0.2) is 0 Å². The molecule has 3 heteroatoms. The molecule has 0 unspecified atom stereocenters. The molecule has 0 bridgehead atoms. The van der Waals surface area contributed by atoms with Crippen molar-refractivity contribution >= 4 is 10.9 Å². The maximum Gasteiger partial charge on any atom is 0.115 e. The summed E-state index contributed by atoms with van der Waals surface area (Å²) >= 11 is 0. The van der Waals surface area contributed by atoms with Crippen LogP contribution in [-0.2, 0) is 0 Å². The number of benzene rings is 1. The smallest absolute Gasteiger partial charge is 0.115 e. The average Bonchev–Trinajstić information content (AvgIpc) is 2.46. The highest BCUT2D eigenvalue weighted by atomic mass is 14.8. The minimum absolute atomic E-state index is 0.373. The van der Waals surface area contributed by atoms with Gasteiger partial charge in [-0.1, -0.05) is 32.0 Å². The third kappa shape index (κ3) is 2.19. The molecule has 3 nitrogen and oxygen atoms in total. The number of hydrogen-bond donors (Lipinski definition) is 0. The van der Waals surface area contributed by atoms with Gasteiger partial charge in [-0.15, -0.1) is 0 Å². The van der Waals surface area contributed by atoms with E-state index in [2.05, 4.69) is 53.1 Å². The van der Waals surface area contributed by atoms with E-state index in [0.717, 1.165) is 27.7 Å². The minimum Gasteiger partial charge on any atom is -0.256 e. The highest BCUT2D eigenvalue weighted by Crippen LogP contribution is 2.28. The molecule has 0 atom stereocenters. The molecule has 2 aromatic heterocycles. The highest BCUT2D eigenvalue weighted by molar-refractivity contribution is 5.84. The van der Waals surface area contributed by atoms with E-state index >= 15 is 0 Å². The third-order valence-corrected chi connectivity index (χ3v) is 3.21. The zero-order valence-corrected chi connectivity index (χ0v) is 11.0. The highest BCUT2D eigenvalue weighted by Gasteiger charge is 2.10. The molecule has 0 radical (unpaired) electrons. The molecule has 0 saturated heterocycles. The van der Waals surface area contributed by atoms with Gasteiger partial charge in [0.2, 0.25) is 0 Å². The van der Waals surface area contributed by atoms with Crippen LogP contribution in [0.3, 0.4) is 0 Å². The van der Waals surface area contributed by atoms with Crippen molar-refractivity contribution in [3.8, 4) is 11.1 Å². The van der Waals surface area contributed by atoms with Crippen molar-refractivity contribution in [2.24, 2.45) is 0 Å². The summed E-state index contributed by atoms with van der Waals surface area (Å²) in [4.78, 5) is 13.0. The van der Waals surface area contributed by atoms with Gasteiger partial charge in [0.05, 0.1) is 11.2 Å². The van der Waals surface area contributed by atoms with E-state index in [1.54, 1.807) is 6.33 Å². The fourth-order valence-electron chi connectivity index (χ4n) is 2.26. The van der Waals surface area contributed by atoms with Crippen LogP contribution in [0.5, 0.6) is 0 Å². The Bertz CT molecular complexity index is 720. The minimum atomic E-state index is 0.373. The Balaban J connectivity index is 2.19. The summed E-state index contributed by atoms with van der Waals surface area (Å²) < 4.78 is 0. The van der Waals surface area contributed by atoms with Crippen molar-refractivity contribution in [2.75, 3.05) is 0 Å². The van der Waals surface area contributed by atoms with Crippen molar-refractivity contribution in [2.45, 2.75) is 19.8 Å². The second-order valence-electron chi connectivity index (χ2n) is 4.89. The largest absolute Gasteiger partial charge is 0.256 e. The summed E-state index contributed by atoms with van der Waals surface area (Å²) in [6.07, 6.45) is 5.31. The monoisotopic (exact) mass is 249 g/mol. The number of pyridine rings is 1. The van der Waals surface area contributed by atoms with Gasteiger partial charge in [0.1, 0.15) is 6.33 Å². The van der Waals surface area contributed by atoms with Crippen molar-refractivity contribution in [1.82, 2.24) is 15.0 Å². The van der Waals surface area contributed by atoms with Crippen molar-refractivity contribution < 1.29 is 0 Å². The van der Waals surface area contributed by atoms with Gasteiger partial charge in [-0.3, -0.25) is 4.98 Å². The summed E-state index contributed by atoms with van der Waals surface area (Å²) in [7, 11) is 0. The lowest BCUT2D eigenvalue weighted by atomic mass is 9.98.